The Morgan fingerprint density at radius 1 is 0.815 bits per heavy atom. The Hall–Kier alpha value is -3.20. The van der Waals surface area contributed by atoms with Gasteiger partial charge >= 0.3 is 0 Å². The lowest BCUT2D eigenvalue weighted by atomic mass is 9.87. The molecule has 0 amide bonds. The molecule has 3 heteroatoms. The van der Waals surface area contributed by atoms with Gasteiger partial charge in [-0.05, 0) is 41.3 Å². The van der Waals surface area contributed by atoms with Crippen LogP contribution in [0.5, 0.6) is 11.5 Å². The zero-order valence-electron chi connectivity index (χ0n) is 15.7. The molecule has 0 fully saturated rings. The van der Waals surface area contributed by atoms with Crippen LogP contribution in [0, 0.1) is 6.92 Å². The molecule has 3 aromatic carbocycles. The van der Waals surface area contributed by atoms with E-state index in [0.717, 1.165) is 11.5 Å². The summed E-state index contributed by atoms with van der Waals surface area (Å²) in [5, 5.41) is 1.26. The third-order valence-corrected chi connectivity index (χ3v) is 5.65. The number of fused-ring (bicyclic) bond motifs is 4. The molecule has 1 aliphatic rings. The molecule has 0 unspecified atom stereocenters. The lowest BCUT2D eigenvalue weighted by Gasteiger charge is -2.18. The predicted octanol–water partition coefficient (Wildman–Crippen LogP) is 5.65. The average molecular weight is 355 g/mol. The van der Waals surface area contributed by atoms with Crippen molar-refractivity contribution < 1.29 is 9.47 Å². The predicted molar refractivity (Wildman–Crippen MR) is 109 cm³/mol. The Morgan fingerprint density at radius 3 is 2.41 bits per heavy atom. The molecule has 1 atom stereocenters. The molecule has 1 aromatic heterocycles. The highest BCUT2D eigenvalue weighted by atomic mass is 16.5. The Morgan fingerprint density at radius 2 is 1.59 bits per heavy atom. The molecule has 0 bridgehead atoms. The summed E-state index contributed by atoms with van der Waals surface area (Å²) in [7, 11) is 3.43. The van der Waals surface area contributed by atoms with Crippen LogP contribution in [0.15, 0.2) is 60.7 Å². The largest absolute Gasteiger partial charge is 0.497 e. The normalized spacial score (nSPS) is 14.9. The van der Waals surface area contributed by atoms with Gasteiger partial charge in [0, 0.05) is 34.1 Å². The number of hydrogen-bond acceptors (Lipinski definition) is 2. The smallest absolute Gasteiger partial charge is 0.127 e. The minimum atomic E-state index is 0.133. The number of aromatic amines is 1. The van der Waals surface area contributed by atoms with Gasteiger partial charge in [-0.2, -0.15) is 0 Å². The van der Waals surface area contributed by atoms with Gasteiger partial charge in [0.1, 0.15) is 11.5 Å². The number of methoxy groups -OCH3 is 2. The molecule has 3 nitrogen and oxygen atoms in total. The first-order valence-corrected chi connectivity index (χ1v) is 9.15. The topological polar surface area (TPSA) is 34.2 Å². The molecular formula is C24H21NO2. The van der Waals surface area contributed by atoms with Crippen molar-refractivity contribution >= 4 is 10.9 Å². The van der Waals surface area contributed by atoms with Crippen LogP contribution in [0.2, 0.25) is 0 Å². The van der Waals surface area contributed by atoms with Gasteiger partial charge in [-0.3, -0.25) is 0 Å². The van der Waals surface area contributed by atoms with Crippen molar-refractivity contribution in [3.63, 3.8) is 0 Å². The number of aryl methyl sites for hydroxylation is 1. The minimum Gasteiger partial charge on any atom is -0.497 e. The second kappa shape index (κ2) is 5.92. The Bertz CT molecular complexity index is 1170. The zero-order chi connectivity index (χ0) is 18.5. The van der Waals surface area contributed by atoms with Gasteiger partial charge in [-0.25, -0.2) is 0 Å². The SMILES string of the molecule is COc1cc(OC)c2c(c1)-c1ccccc1[C@H]2c1c(C)[nH]c2ccccc12. The maximum atomic E-state index is 5.82. The summed E-state index contributed by atoms with van der Waals surface area (Å²) < 4.78 is 11.4. The number of hydrogen-bond donors (Lipinski definition) is 1. The van der Waals surface area contributed by atoms with Gasteiger partial charge in [0.2, 0.25) is 0 Å². The summed E-state index contributed by atoms with van der Waals surface area (Å²) in [6.07, 6.45) is 0. The number of ether oxygens (including phenoxy) is 2. The molecule has 1 N–H and O–H groups in total. The van der Waals surface area contributed by atoms with Crippen LogP contribution < -0.4 is 9.47 Å². The van der Waals surface area contributed by atoms with Crippen molar-refractivity contribution in [3.8, 4) is 22.6 Å². The maximum absolute atomic E-state index is 5.82. The summed E-state index contributed by atoms with van der Waals surface area (Å²) in [6, 6.07) is 21.3. The molecule has 0 saturated heterocycles. The first kappa shape index (κ1) is 16.0. The van der Waals surface area contributed by atoms with E-state index < -0.39 is 0 Å². The standard InChI is InChI=1S/C24H21NO2/c1-14-22(18-10-6-7-11-20(18)25-14)24-17-9-5-4-8-16(17)19-12-15(26-2)13-21(27-3)23(19)24/h4-13,24-25H,1-3H3/t24-/m0/s1. The minimum absolute atomic E-state index is 0.133. The first-order valence-electron chi connectivity index (χ1n) is 9.15. The second-order valence-corrected chi connectivity index (χ2v) is 7.02. The number of nitrogens with one attached hydrogen (secondary N) is 1. The van der Waals surface area contributed by atoms with Crippen LogP contribution in [0.25, 0.3) is 22.0 Å². The van der Waals surface area contributed by atoms with Crippen molar-refractivity contribution in [1.82, 2.24) is 4.98 Å². The van der Waals surface area contributed by atoms with Crippen LogP contribution in [-0.4, -0.2) is 19.2 Å². The van der Waals surface area contributed by atoms with E-state index in [1.54, 1.807) is 14.2 Å². The van der Waals surface area contributed by atoms with Crippen LogP contribution >= 0.6 is 0 Å². The molecule has 4 aromatic rings. The molecular weight excluding hydrogens is 334 g/mol. The van der Waals surface area contributed by atoms with Gasteiger partial charge in [0.15, 0.2) is 0 Å². The van der Waals surface area contributed by atoms with Crippen molar-refractivity contribution in [1.29, 1.82) is 0 Å². The molecule has 0 radical (unpaired) electrons. The van der Waals surface area contributed by atoms with Crippen molar-refractivity contribution in [2.24, 2.45) is 0 Å². The van der Waals surface area contributed by atoms with E-state index in [4.69, 9.17) is 9.47 Å². The molecule has 134 valence electrons. The number of H-pyrrole nitrogens is 1. The second-order valence-electron chi connectivity index (χ2n) is 7.02. The molecule has 1 heterocycles. The van der Waals surface area contributed by atoms with Gasteiger partial charge in [0.05, 0.1) is 14.2 Å². The van der Waals surface area contributed by atoms with Crippen molar-refractivity contribution in [3.05, 3.63) is 83.0 Å². The summed E-state index contributed by atoms with van der Waals surface area (Å²) in [5.74, 6) is 1.82. The zero-order valence-corrected chi connectivity index (χ0v) is 15.7. The van der Waals surface area contributed by atoms with E-state index in [1.807, 2.05) is 6.07 Å². The van der Waals surface area contributed by atoms with Crippen molar-refractivity contribution in [2.75, 3.05) is 14.2 Å². The van der Waals surface area contributed by atoms with Crippen LogP contribution in [-0.2, 0) is 0 Å². The van der Waals surface area contributed by atoms with Crippen LogP contribution in [0.1, 0.15) is 28.3 Å². The molecule has 0 saturated carbocycles. The highest BCUT2D eigenvalue weighted by molar-refractivity contribution is 5.91. The highest BCUT2D eigenvalue weighted by Crippen LogP contribution is 2.54. The fourth-order valence-corrected chi connectivity index (χ4v) is 4.53. The van der Waals surface area contributed by atoms with E-state index in [0.29, 0.717) is 0 Å². The molecule has 1 aliphatic carbocycles. The van der Waals surface area contributed by atoms with Gasteiger partial charge in [-0.15, -0.1) is 0 Å². The van der Waals surface area contributed by atoms with E-state index in [2.05, 4.69) is 66.5 Å². The van der Waals surface area contributed by atoms with E-state index in [1.165, 1.54) is 44.4 Å². The summed E-state index contributed by atoms with van der Waals surface area (Å²) in [6.45, 7) is 2.16. The average Bonchev–Trinajstić information content (AvgIpc) is 3.21. The van der Waals surface area contributed by atoms with Crippen molar-refractivity contribution in [2.45, 2.75) is 12.8 Å². The quantitative estimate of drug-likeness (QED) is 0.453. The first-order chi connectivity index (χ1) is 13.2. The van der Waals surface area contributed by atoms with E-state index >= 15 is 0 Å². The van der Waals surface area contributed by atoms with Gasteiger partial charge < -0.3 is 14.5 Å². The molecule has 0 spiro atoms. The maximum Gasteiger partial charge on any atom is 0.127 e. The summed E-state index contributed by atoms with van der Waals surface area (Å²) in [4.78, 5) is 3.56. The summed E-state index contributed by atoms with van der Waals surface area (Å²) in [5.41, 5.74) is 8.65. The third kappa shape index (κ3) is 2.21. The lowest BCUT2D eigenvalue weighted by molar-refractivity contribution is 0.391. The monoisotopic (exact) mass is 355 g/mol. The van der Waals surface area contributed by atoms with Crippen LogP contribution in [0.4, 0.5) is 0 Å². The number of benzene rings is 3. The number of aromatic nitrogens is 1. The highest BCUT2D eigenvalue weighted by Gasteiger charge is 2.35. The fraction of sp³-hybridized carbons (Fsp3) is 0.167. The van der Waals surface area contributed by atoms with Gasteiger partial charge in [-0.1, -0.05) is 42.5 Å². The number of para-hydroxylation sites is 1. The third-order valence-electron chi connectivity index (χ3n) is 5.65. The fourth-order valence-electron chi connectivity index (χ4n) is 4.53. The van der Waals surface area contributed by atoms with Gasteiger partial charge in [0.25, 0.3) is 0 Å². The number of rotatable bonds is 3. The van der Waals surface area contributed by atoms with Crippen LogP contribution in [0.3, 0.4) is 0 Å². The Kier molecular flexibility index (Phi) is 3.51. The molecule has 0 aliphatic heterocycles. The van der Waals surface area contributed by atoms with E-state index in [9.17, 15) is 0 Å². The van der Waals surface area contributed by atoms with E-state index in [-0.39, 0.29) is 5.92 Å². The Labute approximate surface area is 158 Å². The Balaban J connectivity index is 1.88. The summed E-state index contributed by atoms with van der Waals surface area (Å²) >= 11 is 0. The molecule has 27 heavy (non-hydrogen) atoms. The lowest BCUT2D eigenvalue weighted by Crippen LogP contribution is -2.03. The molecule has 5 rings (SSSR count).